The van der Waals surface area contributed by atoms with Crippen molar-refractivity contribution in [2.24, 2.45) is 10.1 Å². The minimum absolute atomic E-state index is 0.0676. The van der Waals surface area contributed by atoms with Crippen LogP contribution in [0.4, 0.5) is 5.69 Å². The number of nitrogens with zero attached hydrogens (tertiary/aromatic N) is 2. The number of aliphatic imine (C=N–C) groups is 1. The lowest BCUT2D eigenvalue weighted by Gasteiger charge is -2.07. The molecule has 0 radical (unpaired) electrons. The van der Waals surface area contributed by atoms with Crippen LogP contribution < -0.4 is 5.43 Å². The van der Waals surface area contributed by atoms with Gasteiger partial charge in [-0.2, -0.15) is 5.10 Å². The van der Waals surface area contributed by atoms with Crippen molar-refractivity contribution >= 4 is 22.9 Å². The Labute approximate surface area is 141 Å². The van der Waals surface area contributed by atoms with Crippen molar-refractivity contribution in [1.29, 1.82) is 0 Å². The first-order valence-corrected chi connectivity index (χ1v) is 7.83. The van der Waals surface area contributed by atoms with Gasteiger partial charge < -0.3 is 5.11 Å². The molecule has 0 fully saturated rings. The lowest BCUT2D eigenvalue weighted by atomic mass is 10.0. The van der Waals surface area contributed by atoms with E-state index >= 15 is 0 Å². The van der Waals surface area contributed by atoms with E-state index in [-0.39, 0.29) is 18.1 Å². The van der Waals surface area contributed by atoms with Crippen LogP contribution in [0.3, 0.4) is 0 Å². The van der Waals surface area contributed by atoms with E-state index in [1.54, 1.807) is 19.1 Å². The summed E-state index contributed by atoms with van der Waals surface area (Å²) in [6.45, 7) is 2.27. The molecule has 0 amide bonds. The first kappa shape index (κ1) is 17.6. The highest BCUT2D eigenvalue weighted by Crippen LogP contribution is 2.07. The third-order valence-corrected chi connectivity index (χ3v) is 3.33. The Morgan fingerprint density at radius 3 is 2.29 bits per heavy atom. The predicted octanol–water partition coefficient (Wildman–Crippen LogP) is 3.18. The van der Waals surface area contributed by atoms with Gasteiger partial charge in [0.1, 0.15) is 0 Å². The lowest BCUT2D eigenvalue weighted by Crippen LogP contribution is -2.24. The maximum Gasteiger partial charge on any atom is 0.215 e. The molecule has 0 unspecified atom stereocenters. The largest absolute Gasteiger partial charge is 0.396 e. The monoisotopic (exact) mass is 323 g/mol. The van der Waals surface area contributed by atoms with Gasteiger partial charge >= 0.3 is 0 Å². The molecule has 0 aliphatic heterocycles. The number of hydrogen-bond acceptors (Lipinski definition) is 5. The van der Waals surface area contributed by atoms with Gasteiger partial charge in [0.05, 0.1) is 11.4 Å². The van der Waals surface area contributed by atoms with E-state index in [4.69, 9.17) is 5.11 Å². The van der Waals surface area contributed by atoms with Gasteiger partial charge in [-0.05, 0) is 25.5 Å². The van der Waals surface area contributed by atoms with Crippen LogP contribution in [0, 0.1) is 0 Å². The number of carbonyl (C=O) groups excluding carboxylic acids is 1. The van der Waals surface area contributed by atoms with Gasteiger partial charge in [0.15, 0.2) is 5.71 Å². The molecule has 0 saturated heterocycles. The molecule has 2 aromatic rings. The minimum Gasteiger partial charge on any atom is -0.396 e. The van der Waals surface area contributed by atoms with Crippen molar-refractivity contribution in [3.8, 4) is 0 Å². The molecular formula is C19H21N3O2. The Kier molecular flexibility index (Phi) is 6.86. The summed E-state index contributed by atoms with van der Waals surface area (Å²) in [5.74, 6) is -0.190. The number of hydrogen-bond donors (Lipinski definition) is 2. The molecule has 2 N–H and O–H groups in total. The number of anilines is 1. The van der Waals surface area contributed by atoms with E-state index in [9.17, 15) is 4.79 Å². The van der Waals surface area contributed by atoms with Gasteiger partial charge in [0.2, 0.25) is 5.78 Å². The SMILES string of the molecule is CC(=NCCCO)/C(=N\Nc1ccccc1)C(=O)c1ccccc1. The first-order valence-electron chi connectivity index (χ1n) is 7.83. The second-order valence-electron chi connectivity index (χ2n) is 5.18. The van der Waals surface area contributed by atoms with E-state index < -0.39 is 0 Å². The molecule has 0 aromatic heterocycles. The number of aliphatic hydroxyl groups is 1. The molecular weight excluding hydrogens is 302 g/mol. The fourth-order valence-electron chi connectivity index (χ4n) is 2.05. The van der Waals surface area contributed by atoms with Gasteiger partial charge in [-0.25, -0.2) is 0 Å². The molecule has 0 heterocycles. The summed E-state index contributed by atoms with van der Waals surface area (Å²) >= 11 is 0. The average Bonchev–Trinajstić information content (AvgIpc) is 2.63. The van der Waals surface area contributed by atoms with E-state index in [0.29, 0.717) is 24.2 Å². The summed E-state index contributed by atoms with van der Waals surface area (Å²) in [5, 5.41) is 13.2. The van der Waals surface area contributed by atoms with Crippen LogP contribution in [0.1, 0.15) is 23.7 Å². The number of para-hydroxylation sites is 1. The van der Waals surface area contributed by atoms with Crippen molar-refractivity contribution < 1.29 is 9.90 Å². The highest BCUT2D eigenvalue weighted by molar-refractivity contribution is 6.70. The third-order valence-electron chi connectivity index (χ3n) is 3.33. The summed E-state index contributed by atoms with van der Waals surface area (Å²) in [5.41, 5.74) is 5.06. The molecule has 124 valence electrons. The van der Waals surface area contributed by atoms with Crippen molar-refractivity contribution in [2.75, 3.05) is 18.6 Å². The quantitative estimate of drug-likeness (QED) is 0.339. The Morgan fingerprint density at radius 1 is 1.04 bits per heavy atom. The summed E-state index contributed by atoms with van der Waals surface area (Å²) < 4.78 is 0. The van der Waals surface area contributed by atoms with Crippen LogP contribution in [0.2, 0.25) is 0 Å². The van der Waals surface area contributed by atoms with Crippen LogP contribution in [-0.4, -0.2) is 35.5 Å². The zero-order chi connectivity index (χ0) is 17.2. The molecule has 2 rings (SSSR count). The van der Waals surface area contributed by atoms with Crippen molar-refractivity contribution in [2.45, 2.75) is 13.3 Å². The molecule has 0 atom stereocenters. The molecule has 0 saturated carbocycles. The number of aliphatic hydroxyl groups excluding tert-OH is 1. The standard InChI is InChI=1S/C19H21N3O2/c1-15(20-13-8-14-23)18(19(24)16-9-4-2-5-10-16)22-21-17-11-6-3-7-12-17/h2-7,9-12,21,23H,8,13-14H2,1H3/b20-15?,22-18+. The molecule has 0 aliphatic carbocycles. The summed E-state index contributed by atoms with van der Waals surface area (Å²) in [6.07, 6.45) is 0.552. The Bertz CT molecular complexity index is 710. The number of hydrazone groups is 1. The van der Waals surface area contributed by atoms with Gasteiger partial charge in [-0.15, -0.1) is 0 Å². The summed E-state index contributed by atoms with van der Waals surface area (Å²) in [4.78, 5) is 17.1. The maximum absolute atomic E-state index is 12.7. The molecule has 0 bridgehead atoms. The van der Waals surface area contributed by atoms with Crippen LogP contribution in [0.15, 0.2) is 70.8 Å². The number of benzene rings is 2. The van der Waals surface area contributed by atoms with Gasteiger partial charge in [-0.1, -0.05) is 48.5 Å². The molecule has 0 spiro atoms. The van der Waals surface area contributed by atoms with Gasteiger partial charge in [-0.3, -0.25) is 15.2 Å². The second kappa shape index (κ2) is 9.37. The zero-order valence-electron chi connectivity index (χ0n) is 13.6. The maximum atomic E-state index is 12.7. The number of ketones is 1. The first-order chi connectivity index (χ1) is 11.7. The van der Waals surface area contributed by atoms with Crippen LogP contribution in [-0.2, 0) is 0 Å². The van der Waals surface area contributed by atoms with Crippen molar-refractivity contribution in [3.05, 3.63) is 66.2 Å². The lowest BCUT2D eigenvalue weighted by molar-refractivity contribution is 0.106. The van der Waals surface area contributed by atoms with Crippen molar-refractivity contribution in [3.63, 3.8) is 0 Å². The fraction of sp³-hybridized carbons (Fsp3) is 0.211. The molecule has 2 aromatic carbocycles. The van der Waals surface area contributed by atoms with Crippen LogP contribution >= 0.6 is 0 Å². The Hall–Kier alpha value is -2.79. The van der Waals surface area contributed by atoms with Crippen LogP contribution in [0.5, 0.6) is 0 Å². The topological polar surface area (TPSA) is 74.1 Å². The Balaban J connectivity index is 2.27. The zero-order valence-corrected chi connectivity index (χ0v) is 13.6. The highest BCUT2D eigenvalue weighted by atomic mass is 16.3. The molecule has 24 heavy (non-hydrogen) atoms. The van der Waals surface area contributed by atoms with Gasteiger partial charge in [0, 0.05) is 18.7 Å². The van der Waals surface area contributed by atoms with E-state index in [2.05, 4.69) is 15.5 Å². The number of nitrogens with one attached hydrogen (secondary N) is 1. The van der Waals surface area contributed by atoms with E-state index in [1.165, 1.54) is 0 Å². The fourth-order valence-corrected chi connectivity index (χ4v) is 2.05. The number of Topliss-reactive ketones (excluding diaryl/α,β-unsaturated/α-hetero) is 1. The average molecular weight is 323 g/mol. The molecule has 0 aliphatic rings. The molecule has 5 heteroatoms. The third kappa shape index (κ3) is 5.14. The summed E-state index contributed by atoms with van der Waals surface area (Å²) in [6, 6.07) is 18.4. The van der Waals surface area contributed by atoms with Crippen molar-refractivity contribution in [1.82, 2.24) is 0 Å². The molecule has 5 nitrogen and oxygen atoms in total. The number of carbonyl (C=O) groups is 1. The highest BCUT2D eigenvalue weighted by Gasteiger charge is 2.17. The van der Waals surface area contributed by atoms with E-state index in [0.717, 1.165) is 5.69 Å². The number of rotatable bonds is 8. The Morgan fingerprint density at radius 2 is 1.67 bits per heavy atom. The normalized spacial score (nSPS) is 12.1. The summed E-state index contributed by atoms with van der Waals surface area (Å²) in [7, 11) is 0. The van der Waals surface area contributed by atoms with Crippen LogP contribution in [0.25, 0.3) is 0 Å². The van der Waals surface area contributed by atoms with E-state index in [1.807, 2.05) is 48.5 Å². The smallest absolute Gasteiger partial charge is 0.215 e. The minimum atomic E-state index is -0.190. The second-order valence-corrected chi connectivity index (χ2v) is 5.18. The van der Waals surface area contributed by atoms with Gasteiger partial charge in [0.25, 0.3) is 0 Å². The predicted molar refractivity (Wildman–Crippen MR) is 98.0 cm³/mol.